The molecule has 5 heteroatoms. The molecule has 0 bridgehead atoms. The van der Waals surface area contributed by atoms with E-state index in [1.807, 2.05) is 13.8 Å². The van der Waals surface area contributed by atoms with Crippen LogP contribution in [-0.2, 0) is 9.59 Å². The Labute approximate surface area is 88.4 Å². The number of rotatable bonds is 7. The van der Waals surface area contributed by atoms with Crippen molar-refractivity contribution in [2.75, 3.05) is 11.5 Å². The van der Waals surface area contributed by atoms with Crippen LogP contribution in [0.1, 0.15) is 26.7 Å². The third-order valence-corrected chi connectivity index (χ3v) is 2.58. The highest BCUT2D eigenvalue weighted by molar-refractivity contribution is 7.99. The molecule has 14 heavy (non-hydrogen) atoms. The highest BCUT2D eigenvalue weighted by Gasteiger charge is 2.18. The molecule has 0 saturated carbocycles. The molecule has 0 radical (unpaired) electrons. The largest absolute Gasteiger partial charge is 0.480 e. The van der Waals surface area contributed by atoms with Gasteiger partial charge in [-0.25, -0.2) is 4.79 Å². The maximum absolute atomic E-state index is 11.1. The van der Waals surface area contributed by atoms with Crippen LogP contribution >= 0.6 is 11.8 Å². The van der Waals surface area contributed by atoms with Crippen LogP contribution in [0.3, 0.4) is 0 Å². The summed E-state index contributed by atoms with van der Waals surface area (Å²) in [5.74, 6) is 0.140. The molecule has 0 aromatic carbocycles. The third kappa shape index (κ3) is 5.85. The Hall–Kier alpha value is -0.710. The Bertz CT molecular complexity index is 196. The van der Waals surface area contributed by atoms with E-state index in [2.05, 4.69) is 5.32 Å². The average Bonchev–Trinajstić information content (AvgIpc) is 2.12. The van der Waals surface area contributed by atoms with Gasteiger partial charge in [-0.2, -0.15) is 11.8 Å². The lowest BCUT2D eigenvalue weighted by atomic mass is 10.3. The van der Waals surface area contributed by atoms with Gasteiger partial charge in [-0.1, -0.05) is 13.8 Å². The highest BCUT2D eigenvalue weighted by atomic mass is 32.2. The number of nitrogens with one attached hydrogen (secondary N) is 1. The molecule has 0 aliphatic rings. The van der Waals surface area contributed by atoms with Gasteiger partial charge in [-0.05, 0) is 12.2 Å². The summed E-state index contributed by atoms with van der Waals surface area (Å²) < 4.78 is 0. The van der Waals surface area contributed by atoms with Gasteiger partial charge in [0.15, 0.2) is 0 Å². The topological polar surface area (TPSA) is 66.4 Å². The van der Waals surface area contributed by atoms with Crippen LogP contribution < -0.4 is 5.32 Å². The molecule has 0 aromatic heterocycles. The number of carboxylic acids is 1. The fourth-order valence-corrected chi connectivity index (χ4v) is 1.60. The van der Waals surface area contributed by atoms with Crippen molar-refractivity contribution in [2.24, 2.45) is 0 Å². The molecule has 0 aliphatic carbocycles. The Kier molecular flexibility index (Phi) is 7.28. The zero-order valence-corrected chi connectivity index (χ0v) is 9.39. The fraction of sp³-hybridized carbons (Fsp3) is 0.778. The lowest BCUT2D eigenvalue weighted by Crippen LogP contribution is -2.42. The number of carbonyl (C=O) groups is 2. The first-order valence-electron chi connectivity index (χ1n) is 4.71. The van der Waals surface area contributed by atoms with Gasteiger partial charge < -0.3 is 10.4 Å². The molecule has 1 atom stereocenters. The zero-order chi connectivity index (χ0) is 11.0. The molecule has 0 aromatic rings. The molecule has 0 fully saturated rings. The van der Waals surface area contributed by atoms with Crippen LogP contribution in [0.5, 0.6) is 0 Å². The van der Waals surface area contributed by atoms with Gasteiger partial charge in [0.1, 0.15) is 6.04 Å². The summed E-state index contributed by atoms with van der Waals surface area (Å²) in [5, 5.41) is 11.3. The maximum atomic E-state index is 11.1. The first-order chi connectivity index (χ1) is 6.61. The molecule has 0 spiro atoms. The van der Waals surface area contributed by atoms with E-state index >= 15 is 0 Å². The zero-order valence-electron chi connectivity index (χ0n) is 8.58. The molecule has 0 aliphatic heterocycles. The summed E-state index contributed by atoms with van der Waals surface area (Å²) >= 11 is 1.51. The summed E-state index contributed by atoms with van der Waals surface area (Å²) in [6.45, 7) is 3.84. The summed E-state index contributed by atoms with van der Waals surface area (Å²) in [5.41, 5.74) is 0. The lowest BCUT2D eigenvalue weighted by molar-refractivity contribution is -0.141. The number of thioether (sulfide) groups is 1. The first-order valence-corrected chi connectivity index (χ1v) is 5.87. The minimum atomic E-state index is -0.963. The highest BCUT2D eigenvalue weighted by Crippen LogP contribution is 2.02. The summed E-state index contributed by atoms with van der Waals surface area (Å²) in [6.07, 6.45) is 1.12. The van der Waals surface area contributed by atoms with Gasteiger partial charge in [0, 0.05) is 12.2 Å². The summed E-state index contributed by atoms with van der Waals surface area (Å²) in [4.78, 5) is 21.9. The van der Waals surface area contributed by atoms with Crippen molar-refractivity contribution in [3.8, 4) is 0 Å². The first kappa shape index (κ1) is 13.3. The van der Waals surface area contributed by atoms with E-state index in [9.17, 15) is 9.59 Å². The molecule has 2 N–H and O–H groups in total. The van der Waals surface area contributed by atoms with Gasteiger partial charge in [0.2, 0.25) is 5.91 Å². The molecule has 4 nitrogen and oxygen atoms in total. The average molecular weight is 219 g/mol. The lowest BCUT2D eigenvalue weighted by Gasteiger charge is -2.13. The normalized spacial score (nSPS) is 12.1. The molecule has 0 saturated heterocycles. The Morgan fingerprint density at radius 1 is 1.43 bits per heavy atom. The quantitative estimate of drug-likeness (QED) is 0.673. The number of hydrogen-bond donors (Lipinski definition) is 2. The number of carboxylic acid groups (broad SMARTS) is 1. The van der Waals surface area contributed by atoms with Crippen molar-refractivity contribution in [3.63, 3.8) is 0 Å². The van der Waals surface area contributed by atoms with Crippen LogP contribution in [0.25, 0.3) is 0 Å². The fourth-order valence-electron chi connectivity index (χ4n) is 0.904. The van der Waals surface area contributed by atoms with E-state index in [0.29, 0.717) is 12.2 Å². The number of carbonyl (C=O) groups excluding carboxylic acids is 1. The second-order valence-corrected chi connectivity index (χ2v) is 4.19. The Morgan fingerprint density at radius 3 is 2.50 bits per heavy atom. The van der Waals surface area contributed by atoms with Crippen molar-refractivity contribution in [2.45, 2.75) is 32.7 Å². The molecule has 0 heterocycles. The smallest absolute Gasteiger partial charge is 0.327 e. The molecular weight excluding hydrogens is 202 g/mol. The maximum Gasteiger partial charge on any atom is 0.327 e. The van der Waals surface area contributed by atoms with Crippen LogP contribution in [0, 0.1) is 0 Å². The van der Waals surface area contributed by atoms with Crippen molar-refractivity contribution in [1.29, 1.82) is 0 Å². The van der Waals surface area contributed by atoms with E-state index in [4.69, 9.17) is 5.11 Å². The predicted molar refractivity (Wildman–Crippen MR) is 57.5 cm³/mol. The van der Waals surface area contributed by atoms with E-state index < -0.39 is 12.0 Å². The van der Waals surface area contributed by atoms with E-state index in [1.54, 1.807) is 0 Å². The van der Waals surface area contributed by atoms with Gasteiger partial charge >= 0.3 is 5.97 Å². The molecule has 82 valence electrons. The van der Waals surface area contributed by atoms with Crippen LogP contribution in [-0.4, -0.2) is 34.5 Å². The second-order valence-electron chi connectivity index (χ2n) is 2.87. The second kappa shape index (κ2) is 7.67. The van der Waals surface area contributed by atoms with Crippen LogP contribution in [0.2, 0.25) is 0 Å². The molecule has 1 unspecified atom stereocenters. The summed E-state index contributed by atoms with van der Waals surface area (Å²) in [7, 11) is 0. The molecule has 1 amide bonds. The molecule has 0 rings (SSSR count). The van der Waals surface area contributed by atoms with Gasteiger partial charge in [0.25, 0.3) is 0 Å². The molecular formula is C9H17NO3S. The van der Waals surface area contributed by atoms with Gasteiger partial charge in [-0.3, -0.25) is 4.79 Å². The minimum Gasteiger partial charge on any atom is -0.480 e. The van der Waals surface area contributed by atoms with E-state index in [0.717, 1.165) is 12.2 Å². The van der Waals surface area contributed by atoms with Crippen molar-refractivity contribution < 1.29 is 14.7 Å². The van der Waals surface area contributed by atoms with Gasteiger partial charge in [0.05, 0.1) is 0 Å². The Morgan fingerprint density at radius 2 is 2.07 bits per heavy atom. The standard InChI is InChI=1S/C9H17NO3S/c1-3-5-8(11)10-7(9(12)13)6-14-4-2/h7H,3-6H2,1-2H3,(H,10,11)(H,12,13). The minimum absolute atomic E-state index is 0.184. The van der Waals surface area contributed by atoms with Crippen molar-refractivity contribution in [3.05, 3.63) is 0 Å². The predicted octanol–water partition coefficient (Wildman–Crippen LogP) is 1.11. The summed E-state index contributed by atoms with van der Waals surface area (Å²) in [6, 6.07) is -0.751. The van der Waals surface area contributed by atoms with Crippen LogP contribution in [0.15, 0.2) is 0 Å². The monoisotopic (exact) mass is 219 g/mol. The number of hydrogen-bond acceptors (Lipinski definition) is 3. The Balaban J connectivity index is 3.95. The number of aliphatic carboxylic acids is 1. The van der Waals surface area contributed by atoms with Crippen LogP contribution in [0.4, 0.5) is 0 Å². The van der Waals surface area contributed by atoms with E-state index in [-0.39, 0.29) is 5.91 Å². The van der Waals surface area contributed by atoms with Crippen molar-refractivity contribution >= 4 is 23.6 Å². The van der Waals surface area contributed by atoms with E-state index in [1.165, 1.54) is 11.8 Å². The SMILES string of the molecule is CCCC(=O)NC(CSCC)C(=O)O. The number of amides is 1. The van der Waals surface area contributed by atoms with Gasteiger partial charge in [-0.15, -0.1) is 0 Å². The van der Waals surface area contributed by atoms with Crippen molar-refractivity contribution in [1.82, 2.24) is 5.32 Å². The third-order valence-electron chi connectivity index (χ3n) is 1.60.